The molecule has 3 rings (SSSR count). The van der Waals surface area contributed by atoms with Crippen molar-refractivity contribution in [2.24, 2.45) is 7.05 Å². The summed E-state index contributed by atoms with van der Waals surface area (Å²) in [4.78, 5) is 28.0. The zero-order valence-corrected chi connectivity index (χ0v) is 12.3. The quantitative estimate of drug-likeness (QED) is 0.676. The van der Waals surface area contributed by atoms with Gasteiger partial charge in [0.1, 0.15) is 12.1 Å². The average Bonchev–Trinajstić information content (AvgIpc) is 3.03. The predicted octanol–water partition coefficient (Wildman–Crippen LogP) is -0.0195. The molecule has 0 unspecified atom stereocenters. The first kappa shape index (κ1) is 15.8. The maximum Gasteiger partial charge on any atom is 0.347 e. The summed E-state index contributed by atoms with van der Waals surface area (Å²) in [6.07, 6.45) is 1.40. The summed E-state index contributed by atoms with van der Waals surface area (Å²) in [6.45, 7) is -0.637. The van der Waals surface area contributed by atoms with Gasteiger partial charge in [0.05, 0.1) is 13.1 Å². The van der Waals surface area contributed by atoms with Gasteiger partial charge in [-0.3, -0.25) is 4.68 Å². The summed E-state index contributed by atoms with van der Waals surface area (Å²) in [5.41, 5.74) is -1.81. The average molecular weight is 340 g/mol. The largest absolute Gasteiger partial charge is 0.347 e. The number of rotatable bonds is 4. The third kappa shape index (κ3) is 2.87. The maximum absolute atomic E-state index is 13.7. The molecule has 2 heterocycles. The molecule has 0 saturated heterocycles. The summed E-state index contributed by atoms with van der Waals surface area (Å²) in [7, 11) is 1.63. The molecule has 126 valence electrons. The van der Waals surface area contributed by atoms with Crippen LogP contribution in [0, 0.1) is 17.5 Å². The van der Waals surface area contributed by atoms with Gasteiger partial charge < -0.3 is 0 Å². The number of aryl methyl sites for hydroxylation is 1. The second-order valence-electron chi connectivity index (χ2n) is 5.06. The number of aromatic amines is 1. The third-order valence-corrected chi connectivity index (χ3v) is 3.30. The van der Waals surface area contributed by atoms with E-state index >= 15 is 0 Å². The summed E-state index contributed by atoms with van der Waals surface area (Å²) in [6, 6.07) is 1.01. The van der Waals surface area contributed by atoms with E-state index in [4.69, 9.17) is 0 Å². The fraction of sp³-hybridized carbons (Fsp3) is 0.231. The lowest BCUT2D eigenvalue weighted by atomic mass is 10.2. The highest BCUT2D eigenvalue weighted by molar-refractivity contribution is 5.20. The van der Waals surface area contributed by atoms with Crippen molar-refractivity contribution in [2.45, 2.75) is 13.1 Å². The Balaban J connectivity index is 1.93. The molecule has 0 spiro atoms. The Hall–Kier alpha value is -3.11. The molecule has 0 radical (unpaired) electrons. The second-order valence-corrected chi connectivity index (χ2v) is 5.06. The molecule has 11 heteroatoms. The van der Waals surface area contributed by atoms with Crippen LogP contribution in [0.5, 0.6) is 0 Å². The topological polar surface area (TPSA) is 90.5 Å². The lowest BCUT2D eigenvalue weighted by molar-refractivity contribution is 0.485. The summed E-state index contributed by atoms with van der Waals surface area (Å²) in [5.74, 6) is -3.38. The number of hydrogen-bond acceptors (Lipinski definition) is 4. The van der Waals surface area contributed by atoms with Gasteiger partial charge in [0.2, 0.25) is 0 Å². The molecule has 0 aliphatic rings. The molecule has 3 aromatic rings. The smallest absolute Gasteiger partial charge is 0.256 e. The number of nitrogens with zero attached hydrogens (tertiary/aromatic N) is 5. The van der Waals surface area contributed by atoms with Crippen molar-refractivity contribution < 1.29 is 13.2 Å². The number of hydrogen-bond donors (Lipinski definition) is 1. The van der Waals surface area contributed by atoms with Gasteiger partial charge in [-0.1, -0.05) is 0 Å². The van der Waals surface area contributed by atoms with Gasteiger partial charge in [-0.05, 0) is 6.07 Å². The van der Waals surface area contributed by atoms with Crippen LogP contribution in [0.3, 0.4) is 0 Å². The number of halogens is 3. The van der Waals surface area contributed by atoms with Gasteiger partial charge in [-0.2, -0.15) is 5.10 Å². The van der Waals surface area contributed by atoms with E-state index in [2.05, 4.69) is 15.2 Å². The molecule has 0 fully saturated rings. The van der Waals surface area contributed by atoms with Crippen LogP contribution < -0.4 is 11.4 Å². The predicted molar refractivity (Wildman–Crippen MR) is 74.8 cm³/mol. The number of H-pyrrole nitrogens is 1. The summed E-state index contributed by atoms with van der Waals surface area (Å²) >= 11 is 0. The first-order valence-corrected chi connectivity index (χ1v) is 6.72. The van der Waals surface area contributed by atoms with E-state index in [0.717, 1.165) is 9.25 Å². The van der Waals surface area contributed by atoms with Crippen molar-refractivity contribution in [3.8, 4) is 0 Å². The Bertz CT molecular complexity index is 1020. The van der Waals surface area contributed by atoms with Crippen molar-refractivity contribution >= 4 is 0 Å². The van der Waals surface area contributed by atoms with Crippen LogP contribution >= 0.6 is 0 Å². The van der Waals surface area contributed by atoms with Gasteiger partial charge >= 0.3 is 11.4 Å². The van der Waals surface area contributed by atoms with Crippen molar-refractivity contribution in [3.63, 3.8) is 0 Å². The lowest BCUT2D eigenvalue weighted by Crippen LogP contribution is -2.30. The molecule has 0 atom stereocenters. The van der Waals surface area contributed by atoms with E-state index in [9.17, 15) is 22.8 Å². The Kier molecular flexibility index (Phi) is 3.83. The fourth-order valence-corrected chi connectivity index (χ4v) is 2.16. The fourth-order valence-electron chi connectivity index (χ4n) is 2.16. The van der Waals surface area contributed by atoms with Gasteiger partial charge in [-0.25, -0.2) is 42.1 Å². The molecule has 0 bridgehead atoms. The molecule has 0 amide bonds. The van der Waals surface area contributed by atoms with Crippen LogP contribution in [0.4, 0.5) is 13.2 Å². The molecule has 1 aromatic carbocycles. The van der Waals surface area contributed by atoms with Gasteiger partial charge in [0, 0.05) is 18.7 Å². The lowest BCUT2D eigenvalue weighted by Gasteiger charge is -2.04. The van der Waals surface area contributed by atoms with Crippen LogP contribution in [0.2, 0.25) is 0 Å². The second kappa shape index (κ2) is 5.83. The zero-order chi connectivity index (χ0) is 17.4. The van der Waals surface area contributed by atoms with Crippen molar-refractivity contribution in [2.75, 3.05) is 0 Å². The van der Waals surface area contributed by atoms with Gasteiger partial charge in [0.15, 0.2) is 17.5 Å². The minimum atomic E-state index is -1.34. The van der Waals surface area contributed by atoms with Gasteiger partial charge in [0.25, 0.3) is 0 Å². The van der Waals surface area contributed by atoms with E-state index in [1.165, 1.54) is 11.0 Å². The summed E-state index contributed by atoms with van der Waals surface area (Å²) in [5, 5.41) is 6.17. The molecule has 1 N–H and O–H groups in total. The minimum absolute atomic E-state index is 0.178. The first-order valence-electron chi connectivity index (χ1n) is 6.72. The molecule has 0 aliphatic heterocycles. The Morgan fingerprint density at radius 3 is 2.46 bits per heavy atom. The number of aromatic nitrogens is 6. The Morgan fingerprint density at radius 2 is 1.79 bits per heavy atom. The van der Waals surface area contributed by atoms with Crippen molar-refractivity contribution in [1.82, 2.24) is 29.1 Å². The monoisotopic (exact) mass is 340 g/mol. The van der Waals surface area contributed by atoms with Crippen molar-refractivity contribution in [1.29, 1.82) is 0 Å². The molecule has 24 heavy (non-hydrogen) atoms. The highest BCUT2D eigenvalue weighted by Gasteiger charge is 2.15. The van der Waals surface area contributed by atoms with Crippen LogP contribution in [-0.4, -0.2) is 29.1 Å². The van der Waals surface area contributed by atoms with Crippen LogP contribution in [0.25, 0.3) is 0 Å². The molecule has 0 saturated carbocycles. The maximum atomic E-state index is 13.7. The molecule has 0 aliphatic carbocycles. The van der Waals surface area contributed by atoms with E-state index in [1.807, 2.05) is 0 Å². The minimum Gasteiger partial charge on any atom is -0.256 e. The molecule has 2 aromatic heterocycles. The number of benzene rings is 1. The Morgan fingerprint density at radius 1 is 1.08 bits per heavy atom. The van der Waals surface area contributed by atoms with E-state index in [1.54, 1.807) is 7.05 Å². The molecule has 8 nitrogen and oxygen atoms in total. The van der Waals surface area contributed by atoms with E-state index < -0.39 is 35.4 Å². The molecular formula is C13H11F3N6O2. The van der Waals surface area contributed by atoms with Crippen LogP contribution in [0.15, 0.2) is 28.0 Å². The molecular weight excluding hydrogens is 329 g/mol. The third-order valence-electron chi connectivity index (χ3n) is 3.30. The van der Waals surface area contributed by atoms with E-state index in [-0.39, 0.29) is 17.9 Å². The summed E-state index contributed by atoms with van der Waals surface area (Å²) < 4.78 is 42.8. The zero-order valence-electron chi connectivity index (χ0n) is 12.3. The first-order chi connectivity index (χ1) is 11.3. The van der Waals surface area contributed by atoms with Crippen LogP contribution in [0.1, 0.15) is 11.4 Å². The Labute approximate surface area is 131 Å². The highest BCUT2D eigenvalue weighted by atomic mass is 19.2. The highest BCUT2D eigenvalue weighted by Crippen LogP contribution is 2.14. The van der Waals surface area contributed by atoms with Crippen LogP contribution in [-0.2, 0) is 20.1 Å². The van der Waals surface area contributed by atoms with Crippen molar-refractivity contribution in [3.05, 3.63) is 68.3 Å². The normalized spacial score (nSPS) is 11.2. The van der Waals surface area contributed by atoms with E-state index in [0.29, 0.717) is 12.1 Å². The SMILES string of the molecule is Cn1cnc(Cn2c(=O)[nH]n(Cc3cc(F)c(F)cc3F)c2=O)n1. The number of nitrogens with one attached hydrogen (secondary N) is 1. The van der Waals surface area contributed by atoms with Gasteiger partial charge in [-0.15, -0.1) is 0 Å². The standard InChI is InChI=1S/C13H11F3N6O2/c1-20-6-17-11(18-20)5-21-12(23)19-22(13(21)24)4-7-2-9(15)10(16)3-8(7)14/h2-3,6H,4-5H2,1H3,(H,19,23).